The molecule has 1 atom stereocenters. The molecular formula is C18H18N4O4. The van der Waals surface area contributed by atoms with Gasteiger partial charge in [0.2, 0.25) is 0 Å². The van der Waals surface area contributed by atoms with E-state index in [-0.39, 0.29) is 23.4 Å². The molecule has 3 aromatic heterocycles. The average molecular weight is 354 g/mol. The average Bonchev–Trinajstić information content (AvgIpc) is 3.27. The van der Waals surface area contributed by atoms with Gasteiger partial charge in [0.05, 0.1) is 18.4 Å². The Bertz CT molecular complexity index is 1100. The van der Waals surface area contributed by atoms with Gasteiger partial charge >= 0.3 is 5.97 Å². The lowest BCUT2D eigenvalue weighted by atomic mass is 10.1. The first kappa shape index (κ1) is 16.3. The van der Waals surface area contributed by atoms with Crippen LogP contribution >= 0.6 is 0 Å². The molecule has 1 aliphatic heterocycles. The number of likely N-dealkylation sites (tertiary alicyclic amines) is 1. The zero-order chi connectivity index (χ0) is 18.4. The second-order valence-corrected chi connectivity index (χ2v) is 6.43. The smallest absolute Gasteiger partial charge is 0.310 e. The van der Waals surface area contributed by atoms with E-state index in [1.54, 1.807) is 47.0 Å². The molecule has 8 nitrogen and oxygen atoms in total. The molecule has 4 heterocycles. The molecule has 1 unspecified atom stereocenters. The zero-order valence-corrected chi connectivity index (χ0v) is 14.5. The number of carbonyl (C=O) groups is 2. The molecule has 4 rings (SSSR count). The van der Waals surface area contributed by atoms with Crippen LogP contribution in [0.4, 0.5) is 0 Å². The minimum atomic E-state index is -0.302. The van der Waals surface area contributed by atoms with Crippen LogP contribution in [0.5, 0.6) is 0 Å². The topological polar surface area (TPSA) is 85.9 Å². The number of ether oxygens (including phenoxy) is 1. The second kappa shape index (κ2) is 5.98. The minimum Gasteiger partial charge on any atom is -0.469 e. The molecule has 134 valence electrons. The van der Waals surface area contributed by atoms with Gasteiger partial charge in [-0.3, -0.25) is 18.8 Å². The normalized spacial score (nSPS) is 17.2. The van der Waals surface area contributed by atoms with Crippen LogP contribution in [0.25, 0.3) is 16.7 Å². The summed E-state index contributed by atoms with van der Waals surface area (Å²) >= 11 is 0. The molecule has 3 aromatic rings. The van der Waals surface area contributed by atoms with Crippen LogP contribution in [0.15, 0.2) is 35.3 Å². The number of amides is 1. The Morgan fingerprint density at radius 1 is 1.31 bits per heavy atom. The number of carbonyl (C=O) groups excluding carboxylic acids is 2. The van der Waals surface area contributed by atoms with Crippen LogP contribution < -0.4 is 5.56 Å². The molecule has 0 aliphatic carbocycles. The number of nitrogens with zero attached hydrogens (tertiary/aromatic N) is 4. The van der Waals surface area contributed by atoms with Gasteiger partial charge in [-0.15, -0.1) is 0 Å². The third-order valence-electron chi connectivity index (χ3n) is 4.94. The van der Waals surface area contributed by atoms with E-state index >= 15 is 0 Å². The second-order valence-electron chi connectivity index (χ2n) is 6.43. The van der Waals surface area contributed by atoms with Gasteiger partial charge in [0.15, 0.2) is 0 Å². The Morgan fingerprint density at radius 3 is 2.88 bits per heavy atom. The molecule has 0 radical (unpaired) electrons. The fraction of sp³-hybridized carbons (Fsp3) is 0.333. The monoisotopic (exact) mass is 354 g/mol. The van der Waals surface area contributed by atoms with E-state index in [2.05, 4.69) is 4.98 Å². The number of pyridine rings is 1. The third-order valence-corrected chi connectivity index (χ3v) is 4.94. The van der Waals surface area contributed by atoms with Crippen LogP contribution in [0, 0.1) is 5.92 Å². The first-order chi connectivity index (χ1) is 12.5. The van der Waals surface area contributed by atoms with Gasteiger partial charge in [-0.05, 0) is 24.6 Å². The van der Waals surface area contributed by atoms with E-state index in [1.165, 1.54) is 11.5 Å². The predicted octanol–water partition coefficient (Wildman–Crippen LogP) is 0.821. The van der Waals surface area contributed by atoms with Crippen LogP contribution in [0.2, 0.25) is 0 Å². The summed E-state index contributed by atoms with van der Waals surface area (Å²) in [6.07, 6.45) is 2.23. The van der Waals surface area contributed by atoms with E-state index in [4.69, 9.17) is 4.74 Å². The van der Waals surface area contributed by atoms with Crippen molar-refractivity contribution < 1.29 is 14.3 Å². The van der Waals surface area contributed by atoms with Crippen molar-refractivity contribution in [3.05, 3.63) is 46.5 Å². The quantitative estimate of drug-likeness (QED) is 0.636. The molecule has 1 fully saturated rings. The van der Waals surface area contributed by atoms with Gasteiger partial charge < -0.3 is 14.2 Å². The van der Waals surface area contributed by atoms with Gasteiger partial charge in [-0.1, -0.05) is 6.07 Å². The standard InChI is InChI=1S/C18H18N4O4/c1-20-13(17(24)21-8-6-11(10-21)18(25)26-2)9-12-15(20)19-14-5-3-4-7-22(14)16(12)23/h3-5,7,9,11H,6,8,10H2,1-2H3. The molecule has 0 saturated carbocycles. The van der Waals surface area contributed by atoms with Gasteiger partial charge in [-0.25, -0.2) is 4.98 Å². The fourth-order valence-corrected chi connectivity index (χ4v) is 3.49. The molecule has 1 aliphatic rings. The van der Waals surface area contributed by atoms with Crippen molar-refractivity contribution in [3.8, 4) is 0 Å². The maximum Gasteiger partial charge on any atom is 0.310 e. The molecule has 1 saturated heterocycles. The Morgan fingerprint density at radius 2 is 2.12 bits per heavy atom. The first-order valence-electron chi connectivity index (χ1n) is 8.35. The summed E-state index contributed by atoms with van der Waals surface area (Å²) in [5.74, 6) is -0.821. The summed E-state index contributed by atoms with van der Waals surface area (Å²) < 4.78 is 7.86. The maximum absolute atomic E-state index is 12.9. The Kier molecular flexibility index (Phi) is 3.75. The number of methoxy groups -OCH3 is 1. The lowest BCUT2D eigenvalue weighted by molar-refractivity contribution is -0.144. The van der Waals surface area contributed by atoms with Crippen molar-refractivity contribution in [1.82, 2.24) is 18.9 Å². The van der Waals surface area contributed by atoms with Crippen molar-refractivity contribution in [3.63, 3.8) is 0 Å². The number of hydrogen-bond donors (Lipinski definition) is 0. The van der Waals surface area contributed by atoms with Crippen LogP contribution in [-0.4, -0.2) is 50.9 Å². The largest absolute Gasteiger partial charge is 0.469 e. The lowest BCUT2D eigenvalue weighted by Gasteiger charge is -2.16. The number of rotatable bonds is 2. The number of aromatic nitrogens is 3. The van der Waals surface area contributed by atoms with Crippen molar-refractivity contribution >= 4 is 28.6 Å². The maximum atomic E-state index is 12.9. The molecule has 0 bridgehead atoms. The number of fused-ring (bicyclic) bond motifs is 2. The van der Waals surface area contributed by atoms with E-state index in [0.29, 0.717) is 41.9 Å². The van der Waals surface area contributed by atoms with Crippen LogP contribution in [0.1, 0.15) is 16.9 Å². The highest BCUT2D eigenvalue weighted by Crippen LogP contribution is 2.22. The van der Waals surface area contributed by atoms with Crippen molar-refractivity contribution in [2.24, 2.45) is 13.0 Å². The van der Waals surface area contributed by atoms with E-state index < -0.39 is 0 Å². The minimum absolute atomic E-state index is 0.214. The summed E-state index contributed by atoms with van der Waals surface area (Å²) in [6, 6.07) is 6.89. The number of esters is 1. The lowest BCUT2D eigenvalue weighted by Crippen LogP contribution is -2.31. The predicted molar refractivity (Wildman–Crippen MR) is 94.0 cm³/mol. The molecule has 0 aromatic carbocycles. The van der Waals surface area contributed by atoms with Crippen molar-refractivity contribution in [2.45, 2.75) is 6.42 Å². The van der Waals surface area contributed by atoms with Gasteiger partial charge in [0.25, 0.3) is 11.5 Å². The fourth-order valence-electron chi connectivity index (χ4n) is 3.49. The summed E-state index contributed by atoms with van der Waals surface area (Å²) in [5, 5.41) is 0.392. The Balaban J connectivity index is 1.75. The van der Waals surface area contributed by atoms with Crippen LogP contribution in [0.3, 0.4) is 0 Å². The Hall–Kier alpha value is -3.16. The summed E-state index contributed by atoms with van der Waals surface area (Å²) in [5.41, 5.74) is 1.16. The summed E-state index contributed by atoms with van der Waals surface area (Å²) in [4.78, 5) is 43.4. The highest BCUT2D eigenvalue weighted by molar-refractivity contribution is 5.98. The third kappa shape index (κ3) is 2.37. The van der Waals surface area contributed by atoms with Crippen molar-refractivity contribution in [1.29, 1.82) is 0 Å². The molecule has 26 heavy (non-hydrogen) atoms. The molecule has 8 heteroatoms. The van der Waals surface area contributed by atoms with E-state index in [0.717, 1.165) is 0 Å². The van der Waals surface area contributed by atoms with Gasteiger partial charge in [0.1, 0.15) is 17.0 Å². The molecule has 0 N–H and O–H groups in total. The SMILES string of the molecule is COC(=O)C1CCN(C(=O)c2cc3c(=O)n4ccccc4nc3n2C)C1. The van der Waals surface area contributed by atoms with E-state index in [9.17, 15) is 14.4 Å². The summed E-state index contributed by atoms with van der Waals surface area (Å²) in [7, 11) is 3.07. The van der Waals surface area contributed by atoms with E-state index in [1.807, 2.05) is 0 Å². The number of aryl methyl sites for hydroxylation is 1. The zero-order valence-electron chi connectivity index (χ0n) is 14.5. The van der Waals surface area contributed by atoms with Crippen LogP contribution in [-0.2, 0) is 16.6 Å². The highest BCUT2D eigenvalue weighted by Gasteiger charge is 2.33. The van der Waals surface area contributed by atoms with Gasteiger partial charge in [0, 0.05) is 26.3 Å². The molecule has 1 amide bonds. The number of hydrogen-bond acceptors (Lipinski definition) is 5. The molecular weight excluding hydrogens is 336 g/mol. The summed E-state index contributed by atoms with van der Waals surface area (Å²) in [6.45, 7) is 0.802. The molecule has 0 spiro atoms. The Labute approximate surface area is 148 Å². The van der Waals surface area contributed by atoms with Crippen molar-refractivity contribution in [2.75, 3.05) is 20.2 Å². The first-order valence-corrected chi connectivity index (χ1v) is 8.35. The highest BCUT2D eigenvalue weighted by atomic mass is 16.5. The van der Waals surface area contributed by atoms with Gasteiger partial charge in [-0.2, -0.15) is 0 Å².